The van der Waals surface area contributed by atoms with Crippen LogP contribution in [0, 0.1) is 6.92 Å². The number of morpholine rings is 1. The van der Waals surface area contributed by atoms with Crippen molar-refractivity contribution in [2.24, 2.45) is 0 Å². The number of aromatic amines is 1. The molecule has 7 nitrogen and oxygen atoms in total. The van der Waals surface area contributed by atoms with E-state index in [0.717, 1.165) is 38.7 Å². The molecule has 0 radical (unpaired) electrons. The summed E-state index contributed by atoms with van der Waals surface area (Å²) in [7, 11) is 0. The maximum atomic E-state index is 12.2. The molecule has 3 heterocycles. The van der Waals surface area contributed by atoms with Gasteiger partial charge in [0.1, 0.15) is 5.82 Å². The van der Waals surface area contributed by atoms with Crippen molar-refractivity contribution in [1.29, 1.82) is 0 Å². The quantitative estimate of drug-likeness (QED) is 0.827. The first kappa shape index (κ1) is 12.3. The lowest BCUT2D eigenvalue weighted by Crippen LogP contribution is -2.39. The predicted molar refractivity (Wildman–Crippen MR) is 70.1 cm³/mol. The van der Waals surface area contributed by atoms with Crippen LogP contribution in [0.4, 0.5) is 0 Å². The third kappa shape index (κ3) is 2.52. The normalized spacial score (nSPS) is 17.1. The van der Waals surface area contributed by atoms with Crippen molar-refractivity contribution in [3.8, 4) is 0 Å². The molecule has 19 heavy (non-hydrogen) atoms. The fourth-order valence-corrected chi connectivity index (χ4v) is 2.29. The molecule has 0 aliphatic carbocycles. The number of hydrogen-bond donors (Lipinski definition) is 1. The molecule has 0 unspecified atom stereocenters. The topological polar surface area (TPSA) is 76.0 Å². The summed E-state index contributed by atoms with van der Waals surface area (Å²) in [6.07, 6.45) is 1.66. The van der Waals surface area contributed by atoms with Crippen LogP contribution in [0.3, 0.4) is 0 Å². The molecule has 7 heteroatoms. The molecule has 0 aromatic carbocycles. The van der Waals surface area contributed by atoms with Crippen LogP contribution in [0.25, 0.3) is 11.0 Å². The molecule has 1 saturated heterocycles. The zero-order valence-electron chi connectivity index (χ0n) is 10.9. The third-order valence-electron chi connectivity index (χ3n) is 3.35. The second-order valence-corrected chi connectivity index (χ2v) is 4.71. The minimum Gasteiger partial charge on any atom is -0.379 e. The van der Waals surface area contributed by atoms with Crippen LogP contribution in [-0.2, 0) is 11.3 Å². The van der Waals surface area contributed by atoms with Crippen LogP contribution >= 0.6 is 0 Å². The summed E-state index contributed by atoms with van der Waals surface area (Å²) in [4.78, 5) is 21.7. The summed E-state index contributed by atoms with van der Waals surface area (Å²) in [6.45, 7) is 6.58. The monoisotopic (exact) mass is 263 g/mol. The lowest BCUT2D eigenvalue weighted by molar-refractivity contribution is 0.0358. The standard InChI is InChI=1S/C12H17N5O2/c1-9-14-10-8-13-17(12(18)11(10)15-9)3-2-16-4-6-19-7-5-16/h8H,2-7H2,1H3,(H,14,15). The number of ether oxygens (including phenoxy) is 1. The maximum Gasteiger partial charge on any atom is 0.294 e. The molecule has 0 spiro atoms. The SMILES string of the molecule is Cc1nc2c(=O)n(CCN3CCOCC3)ncc2[nH]1. The highest BCUT2D eigenvalue weighted by Crippen LogP contribution is 2.04. The van der Waals surface area contributed by atoms with Crippen LogP contribution in [0.5, 0.6) is 0 Å². The van der Waals surface area contributed by atoms with Gasteiger partial charge in [0.25, 0.3) is 5.56 Å². The van der Waals surface area contributed by atoms with Crippen molar-refractivity contribution < 1.29 is 4.74 Å². The Balaban J connectivity index is 1.77. The summed E-state index contributed by atoms with van der Waals surface area (Å²) >= 11 is 0. The molecular formula is C12H17N5O2. The Labute approximate surface area is 110 Å². The second-order valence-electron chi connectivity index (χ2n) is 4.71. The van der Waals surface area contributed by atoms with Crippen molar-refractivity contribution in [3.05, 3.63) is 22.4 Å². The first-order valence-electron chi connectivity index (χ1n) is 6.46. The zero-order valence-corrected chi connectivity index (χ0v) is 10.9. The molecule has 1 aliphatic heterocycles. The van der Waals surface area contributed by atoms with Gasteiger partial charge in [0.15, 0.2) is 5.52 Å². The van der Waals surface area contributed by atoms with E-state index in [9.17, 15) is 4.79 Å². The first-order valence-corrected chi connectivity index (χ1v) is 6.46. The average molecular weight is 263 g/mol. The first-order chi connectivity index (χ1) is 9.24. The number of aryl methyl sites for hydroxylation is 1. The molecule has 2 aromatic rings. The largest absolute Gasteiger partial charge is 0.379 e. The van der Waals surface area contributed by atoms with Crippen LogP contribution in [0.2, 0.25) is 0 Å². The smallest absolute Gasteiger partial charge is 0.294 e. The molecule has 1 aliphatic rings. The highest BCUT2D eigenvalue weighted by molar-refractivity contribution is 5.72. The van der Waals surface area contributed by atoms with Crippen molar-refractivity contribution in [1.82, 2.24) is 24.6 Å². The molecule has 1 fully saturated rings. The van der Waals surface area contributed by atoms with Gasteiger partial charge in [-0.3, -0.25) is 9.69 Å². The molecule has 0 atom stereocenters. The highest BCUT2D eigenvalue weighted by Gasteiger charge is 2.12. The molecule has 3 rings (SSSR count). The van der Waals surface area contributed by atoms with Gasteiger partial charge >= 0.3 is 0 Å². The molecule has 2 aromatic heterocycles. The van der Waals surface area contributed by atoms with Crippen LogP contribution in [-0.4, -0.2) is 57.5 Å². The number of H-pyrrole nitrogens is 1. The lowest BCUT2D eigenvalue weighted by atomic mass is 10.4. The van der Waals surface area contributed by atoms with E-state index in [4.69, 9.17) is 4.74 Å². The second kappa shape index (κ2) is 5.10. The molecule has 0 saturated carbocycles. The predicted octanol–water partition coefficient (Wildman–Crippen LogP) is -0.240. The van der Waals surface area contributed by atoms with E-state index in [1.54, 1.807) is 6.20 Å². The Bertz CT molecular complexity index is 627. The Hall–Kier alpha value is -1.73. The van der Waals surface area contributed by atoms with Crippen molar-refractivity contribution in [2.45, 2.75) is 13.5 Å². The fourth-order valence-electron chi connectivity index (χ4n) is 2.29. The summed E-state index contributed by atoms with van der Waals surface area (Å²) < 4.78 is 6.78. The van der Waals surface area contributed by atoms with E-state index in [1.807, 2.05) is 6.92 Å². The van der Waals surface area contributed by atoms with Crippen molar-refractivity contribution in [2.75, 3.05) is 32.8 Å². The molecule has 102 valence electrons. The van der Waals surface area contributed by atoms with E-state index in [1.165, 1.54) is 4.68 Å². The maximum absolute atomic E-state index is 12.2. The lowest BCUT2D eigenvalue weighted by Gasteiger charge is -2.26. The van der Waals surface area contributed by atoms with Gasteiger partial charge in [0, 0.05) is 19.6 Å². The summed E-state index contributed by atoms with van der Waals surface area (Å²) in [5, 5.41) is 4.18. The van der Waals surface area contributed by atoms with Crippen LogP contribution in [0.1, 0.15) is 5.82 Å². The molecule has 0 bridgehead atoms. The number of nitrogens with zero attached hydrogens (tertiary/aromatic N) is 4. The molecule has 0 amide bonds. The highest BCUT2D eigenvalue weighted by atomic mass is 16.5. The van der Waals surface area contributed by atoms with Gasteiger partial charge in [0.2, 0.25) is 0 Å². The van der Waals surface area contributed by atoms with Gasteiger partial charge in [-0.1, -0.05) is 0 Å². The Morgan fingerprint density at radius 2 is 2.16 bits per heavy atom. The van der Waals surface area contributed by atoms with E-state index in [0.29, 0.717) is 17.6 Å². The van der Waals surface area contributed by atoms with E-state index in [2.05, 4.69) is 20.0 Å². The van der Waals surface area contributed by atoms with Crippen LogP contribution < -0.4 is 5.56 Å². The van der Waals surface area contributed by atoms with Gasteiger partial charge in [0.05, 0.1) is 31.5 Å². The Kier molecular flexibility index (Phi) is 3.31. The number of hydrogen-bond acceptors (Lipinski definition) is 5. The number of nitrogens with one attached hydrogen (secondary N) is 1. The van der Waals surface area contributed by atoms with Gasteiger partial charge in [-0.05, 0) is 6.92 Å². The average Bonchev–Trinajstić information content (AvgIpc) is 2.81. The molecule has 1 N–H and O–H groups in total. The van der Waals surface area contributed by atoms with E-state index >= 15 is 0 Å². The third-order valence-corrected chi connectivity index (χ3v) is 3.35. The van der Waals surface area contributed by atoms with E-state index < -0.39 is 0 Å². The summed E-state index contributed by atoms with van der Waals surface area (Å²) in [5.74, 6) is 0.736. The van der Waals surface area contributed by atoms with E-state index in [-0.39, 0.29) is 5.56 Å². The van der Waals surface area contributed by atoms with Gasteiger partial charge in [-0.2, -0.15) is 5.10 Å². The summed E-state index contributed by atoms with van der Waals surface area (Å²) in [5.41, 5.74) is 1.04. The van der Waals surface area contributed by atoms with Crippen LogP contribution in [0.15, 0.2) is 11.0 Å². The van der Waals surface area contributed by atoms with Gasteiger partial charge in [-0.15, -0.1) is 0 Å². The number of imidazole rings is 1. The fraction of sp³-hybridized carbons (Fsp3) is 0.583. The Morgan fingerprint density at radius 3 is 2.95 bits per heavy atom. The number of rotatable bonds is 3. The van der Waals surface area contributed by atoms with Crippen molar-refractivity contribution in [3.63, 3.8) is 0 Å². The summed E-state index contributed by atoms with van der Waals surface area (Å²) in [6, 6.07) is 0. The van der Waals surface area contributed by atoms with Crippen molar-refractivity contribution >= 4 is 11.0 Å². The zero-order chi connectivity index (χ0) is 13.2. The minimum absolute atomic E-state index is 0.130. The van der Waals surface area contributed by atoms with Gasteiger partial charge in [-0.25, -0.2) is 9.67 Å². The minimum atomic E-state index is -0.130. The number of aromatic nitrogens is 4. The molecular weight excluding hydrogens is 246 g/mol. The van der Waals surface area contributed by atoms with Gasteiger partial charge < -0.3 is 9.72 Å². The number of fused-ring (bicyclic) bond motifs is 1. The Morgan fingerprint density at radius 1 is 1.37 bits per heavy atom.